The topological polar surface area (TPSA) is 105 Å². The first-order chi connectivity index (χ1) is 18.9. The van der Waals surface area contributed by atoms with Crippen LogP contribution >= 0.6 is 11.6 Å². The average Bonchev–Trinajstić information content (AvgIpc) is 3.63. The number of carbonyl (C=O) groups is 3. The molecule has 4 aliphatic rings. The van der Waals surface area contributed by atoms with Crippen LogP contribution in [0.5, 0.6) is 5.75 Å². The number of imide groups is 1. The molecule has 3 aromatic rings. The highest BCUT2D eigenvalue weighted by molar-refractivity contribution is 6.30. The largest absolute Gasteiger partial charge is 0.492 e. The van der Waals surface area contributed by atoms with Crippen LogP contribution in [-0.4, -0.2) is 58.4 Å². The quantitative estimate of drug-likeness (QED) is 0.498. The van der Waals surface area contributed by atoms with E-state index in [2.05, 4.69) is 15.4 Å². The van der Waals surface area contributed by atoms with E-state index in [1.165, 1.54) is 0 Å². The Bertz CT molecular complexity index is 1490. The summed E-state index contributed by atoms with van der Waals surface area (Å²) in [5, 5.41) is 7.28. The van der Waals surface area contributed by atoms with Gasteiger partial charge >= 0.3 is 0 Å². The minimum Gasteiger partial charge on any atom is -0.492 e. The molecular formula is C29H27ClN4O5. The number of hydrogen-bond acceptors (Lipinski definition) is 7. The summed E-state index contributed by atoms with van der Waals surface area (Å²) in [5.41, 5.74) is 4.27. The van der Waals surface area contributed by atoms with Gasteiger partial charge < -0.3 is 14.2 Å². The fourth-order valence-electron chi connectivity index (χ4n) is 6.40. The zero-order valence-electron chi connectivity index (χ0n) is 21.2. The second kappa shape index (κ2) is 9.20. The highest BCUT2D eigenvalue weighted by Gasteiger charge is 2.47. The van der Waals surface area contributed by atoms with Gasteiger partial charge in [0.05, 0.1) is 19.7 Å². The first-order valence-corrected chi connectivity index (χ1v) is 13.7. The molecule has 7 rings (SSSR count). The summed E-state index contributed by atoms with van der Waals surface area (Å²) < 4.78 is 11.9. The number of nitrogens with one attached hydrogen (secondary N) is 1. The van der Waals surface area contributed by atoms with E-state index in [1.54, 1.807) is 4.90 Å². The van der Waals surface area contributed by atoms with Crippen LogP contribution < -0.4 is 10.1 Å². The summed E-state index contributed by atoms with van der Waals surface area (Å²) in [7, 11) is 0. The summed E-state index contributed by atoms with van der Waals surface area (Å²) in [6.45, 7) is 3.37. The summed E-state index contributed by atoms with van der Waals surface area (Å²) in [5.74, 6) is 0.756. The zero-order valence-corrected chi connectivity index (χ0v) is 22.0. The molecule has 10 heteroatoms. The number of halogens is 1. The van der Waals surface area contributed by atoms with Crippen molar-refractivity contribution in [3.63, 3.8) is 0 Å². The van der Waals surface area contributed by atoms with Crippen LogP contribution in [0.15, 0.2) is 47.0 Å². The molecule has 39 heavy (non-hydrogen) atoms. The Hall–Kier alpha value is -3.69. The number of fused-ring (bicyclic) bond motifs is 4. The molecule has 0 aliphatic carbocycles. The molecule has 4 aliphatic heterocycles. The van der Waals surface area contributed by atoms with E-state index in [4.69, 9.17) is 20.9 Å². The number of carbonyl (C=O) groups excluding carboxylic acids is 3. The molecule has 2 saturated heterocycles. The van der Waals surface area contributed by atoms with Crippen molar-refractivity contribution < 1.29 is 23.6 Å². The third-order valence-corrected chi connectivity index (χ3v) is 8.87. The Morgan fingerprint density at radius 3 is 2.64 bits per heavy atom. The Morgan fingerprint density at radius 2 is 1.87 bits per heavy atom. The van der Waals surface area contributed by atoms with Crippen molar-refractivity contribution in [3.8, 4) is 17.0 Å². The first kappa shape index (κ1) is 24.4. The SMILES string of the molecule is O=C1CC[C@H](N2Cc3c(ccc4c3OCC43CCN(Cc4cc(-c5ccc(Cl)cc5)no4)CC3)C2=O)C(=O)N1. The van der Waals surface area contributed by atoms with Crippen LogP contribution in [0.2, 0.25) is 5.02 Å². The van der Waals surface area contributed by atoms with Crippen molar-refractivity contribution in [2.45, 2.75) is 50.2 Å². The molecule has 1 atom stereocenters. The Morgan fingerprint density at radius 1 is 1.08 bits per heavy atom. The summed E-state index contributed by atoms with van der Waals surface area (Å²) >= 11 is 6.00. The molecule has 200 valence electrons. The van der Waals surface area contributed by atoms with Gasteiger partial charge in [0, 0.05) is 45.2 Å². The van der Waals surface area contributed by atoms with Gasteiger partial charge in [-0.05, 0) is 50.6 Å². The third-order valence-electron chi connectivity index (χ3n) is 8.62. The Kier molecular flexibility index (Phi) is 5.75. The lowest BCUT2D eigenvalue weighted by atomic mass is 9.74. The summed E-state index contributed by atoms with van der Waals surface area (Å²) in [6, 6.07) is 12.8. The number of hydrogen-bond donors (Lipinski definition) is 1. The monoisotopic (exact) mass is 546 g/mol. The molecule has 2 fully saturated rings. The normalized spacial score (nSPS) is 22.1. The van der Waals surface area contributed by atoms with Gasteiger partial charge in [-0.3, -0.25) is 24.6 Å². The van der Waals surface area contributed by atoms with Crippen LogP contribution in [0, 0.1) is 0 Å². The molecule has 3 amide bonds. The number of benzene rings is 2. The number of ether oxygens (including phenoxy) is 1. The lowest BCUT2D eigenvalue weighted by molar-refractivity contribution is -0.136. The van der Waals surface area contributed by atoms with E-state index in [1.807, 2.05) is 42.5 Å². The van der Waals surface area contributed by atoms with Gasteiger partial charge in [0.2, 0.25) is 11.8 Å². The lowest BCUT2D eigenvalue weighted by Gasteiger charge is -2.38. The van der Waals surface area contributed by atoms with Crippen molar-refractivity contribution >= 4 is 29.3 Å². The molecule has 9 nitrogen and oxygen atoms in total. The van der Waals surface area contributed by atoms with Crippen LogP contribution in [0.3, 0.4) is 0 Å². The molecule has 0 unspecified atom stereocenters. The molecule has 1 N–H and O–H groups in total. The highest BCUT2D eigenvalue weighted by atomic mass is 35.5. The molecule has 0 bridgehead atoms. The molecule has 0 radical (unpaired) electrons. The van der Waals surface area contributed by atoms with E-state index in [0.29, 0.717) is 36.7 Å². The van der Waals surface area contributed by atoms with E-state index in [0.717, 1.165) is 59.8 Å². The van der Waals surface area contributed by atoms with Crippen LogP contribution in [0.4, 0.5) is 0 Å². The predicted molar refractivity (Wildman–Crippen MR) is 141 cm³/mol. The van der Waals surface area contributed by atoms with E-state index >= 15 is 0 Å². The van der Waals surface area contributed by atoms with Crippen LogP contribution in [0.1, 0.15) is 52.9 Å². The maximum absolute atomic E-state index is 13.2. The standard InChI is InChI=1S/C29H27ClN4O5/c30-18-3-1-17(2-4-18)23-13-19(39-32-23)14-33-11-9-29(10-12-33)16-38-26-21-15-34(24-7-8-25(35)31-27(24)36)28(37)20(21)5-6-22(26)29/h1-6,13,24H,7-12,14-16H2,(H,31,35,36)/t24-/m0/s1. The van der Waals surface area contributed by atoms with Gasteiger partial charge in [0.15, 0.2) is 5.76 Å². The maximum Gasteiger partial charge on any atom is 0.255 e. The minimum atomic E-state index is -0.631. The summed E-state index contributed by atoms with van der Waals surface area (Å²) in [4.78, 5) is 41.2. The number of aromatic nitrogens is 1. The van der Waals surface area contributed by atoms with Crippen molar-refractivity contribution in [1.82, 2.24) is 20.3 Å². The lowest BCUT2D eigenvalue weighted by Crippen LogP contribution is -2.52. The summed E-state index contributed by atoms with van der Waals surface area (Å²) in [6.07, 6.45) is 2.45. The van der Waals surface area contributed by atoms with Crippen molar-refractivity contribution in [2.75, 3.05) is 19.7 Å². The van der Waals surface area contributed by atoms with Crippen LogP contribution in [-0.2, 0) is 28.1 Å². The number of amides is 3. The molecule has 1 spiro atoms. The molecule has 1 aromatic heterocycles. The average molecular weight is 547 g/mol. The smallest absolute Gasteiger partial charge is 0.255 e. The van der Waals surface area contributed by atoms with Crippen molar-refractivity contribution in [1.29, 1.82) is 0 Å². The predicted octanol–water partition coefficient (Wildman–Crippen LogP) is 3.68. The van der Waals surface area contributed by atoms with Gasteiger partial charge in [0.1, 0.15) is 17.5 Å². The molecule has 2 aromatic carbocycles. The highest BCUT2D eigenvalue weighted by Crippen LogP contribution is 2.49. The molecular weight excluding hydrogens is 520 g/mol. The molecule has 5 heterocycles. The van der Waals surface area contributed by atoms with E-state index < -0.39 is 11.9 Å². The van der Waals surface area contributed by atoms with Gasteiger partial charge in [-0.1, -0.05) is 35.0 Å². The molecule has 0 saturated carbocycles. The van der Waals surface area contributed by atoms with Gasteiger partial charge in [-0.15, -0.1) is 0 Å². The second-order valence-electron chi connectivity index (χ2n) is 10.9. The van der Waals surface area contributed by atoms with E-state index in [9.17, 15) is 14.4 Å². The third kappa shape index (κ3) is 4.11. The zero-order chi connectivity index (χ0) is 26.7. The van der Waals surface area contributed by atoms with Crippen molar-refractivity contribution in [3.05, 3.63) is 69.9 Å². The van der Waals surface area contributed by atoms with Crippen molar-refractivity contribution in [2.24, 2.45) is 0 Å². The second-order valence-corrected chi connectivity index (χ2v) is 11.3. The fraction of sp³-hybridized carbons (Fsp3) is 0.379. The fourth-order valence-corrected chi connectivity index (χ4v) is 6.53. The number of nitrogens with zero attached hydrogens (tertiary/aromatic N) is 3. The maximum atomic E-state index is 13.2. The Balaban J connectivity index is 1.04. The van der Waals surface area contributed by atoms with Gasteiger partial charge in [-0.25, -0.2) is 0 Å². The minimum absolute atomic E-state index is 0.0954. The van der Waals surface area contributed by atoms with Gasteiger partial charge in [-0.2, -0.15) is 0 Å². The van der Waals surface area contributed by atoms with E-state index in [-0.39, 0.29) is 23.7 Å². The Labute approximate surface area is 230 Å². The number of likely N-dealkylation sites (tertiary alicyclic amines) is 1. The van der Waals surface area contributed by atoms with Gasteiger partial charge in [0.25, 0.3) is 5.91 Å². The van der Waals surface area contributed by atoms with Crippen LogP contribution in [0.25, 0.3) is 11.3 Å². The first-order valence-electron chi connectivity index (χ1n) is 13.3. The number of rotatable bonds is 4. The number of piperidine rings is 2.